The average Bonchev–Trinajstić information content (AvgIpc) is 3.07. The van der Waals surface area contributed by atoms with Crippen molar-refractivity contribution in [1.29, 1.82) is 0 Å². The minimum atomic E-state index is -3.25. The molecule has 3 heterocycles. The van der Waals surface area contributed by atoms with Gasteiger partial charge >= 0.3 is 0 Å². The smallest absolute Gasteiger partial charge is 0.202 e. The number of rotatable bonds is 5. The highest BCUT2D eigenvalue weighted by molar-refractivity contribution is 7.90. The summed E-state index contributed by atoms with van der Waals surface area (Å²) in [6.07, 6.45) is 3.06. The summed E-state index contributed by atoms with van der Waals surface area (Å²) in [4.78, 5) is 0. The summed E-state index contributed by atoms with van der Waals surface area (Å²) in [6, 6.07) is 5.04. The maximum atomic E-state index is 12.1. The lowest BCUT2D eigenvalue weighted by Gasteiger charge is -2.08. The molecule has 1 fully saturated rings. The molecule has 2 aromatic rings. The molecule has 0 spiro atoms. The number of hydrogen-bond acceptors (Lipinski definition) is 6. The quantitative estimate of drug-likeness (QED) is 0.839. The molecular formula is C13H15NO5S. The van der Waals surface area contributed by atoms with Gasteiger partial charge in [0.2, 0.25) is 5.76 Å². The zero-order valence-corrected chi connectivity index (χ0v) is 11.6. The third-order valence-electron chi connectivity index (χ3n) is 3.15. The van der Waals surface area contributed by atoms with Gasteiger partial charge in [0, 0.05) is 12.7 Å². The van der Waals surface area contributed by atoms with E-state index in [2.05, 4.69) is 5.16 Å². The van der Waals surface area contributed by atoms with E-state index in [4.69, 9.17) is 13.7 Å². The first kappa shape index (κ1) is 13.4. The van der Waals surface area contributed by atoms with Crippen LogP contribution in [-0.4, -0.2) is 32.0 Å². The van der Waals surface area contributed by atoms with Gasteiger partial charge in [0.1, 0.15) is 0 Å². The first-order valence-corrected chi connectivity index (χ1v) is 8.26. The molecule has 108 valence electrons. The molecule has 0 aromatic carbocycles. The van der Waals surface area contributed by atoms with Crippen molar-refractivity contribution in [2.24, 2.45) is 0 Å². The minimum Gasteiger partial charge on any atom is -0.461 e. The average molecular weight is 297 g/mol. The number of nitrogens with zero attached hydrogens (tertiary/aromatic N) is 1. The van der Waals surface area contributed by atoms with Crippen LogP contribution in [0.3, 0.4) is 0 Å². The van der Waals surface area contributed by atoms with Crippen LogP contribution in [0.1, 0.15) is 18.5 Å². The number of ether oxygens (including phenoxy) is 1. The van der Waals surface area contributed by atoms with Crippen molar-refractivity contribution in [1.82, 2.24) is 5.16 Å². The summed E-state index contributed by atoms with van der Waals surface area (Å²) in [6.45, 7) is 0.646. The van der Waals surface area contributed by atoms with E-state index in [0.29, 0.717) is 23.8 Å². The van der Waals surface area contributed by atoms with E-state index in [1.54, 1.807) is 18.2 Å². The van der Waals surface area contributed by atoms with Gasteiger partial charge in [-0.05, 0) is 25.0 Å². The van der Waals surface area contributed by atoms with Gasteiger partial charge in [0.15, 0.2) is 15.6 Å². The van der Waals surface area contributed by atoms with Crippen molar-refractivity contribution in [3.63, 3.8) is 0 Å². The van der Waals surface area contributed by atoms with Crippen molar-refractivity contribution in [2.45, 2.75) is 24.7 Å². The molecular weight excluding hydrogens is 282 g/mol. The maximum absolute atomic E-state index is 12.1. The second kappa shape index (κ2) is 5.41. The van der Waals surface area contributed by atoms with Gasteiger partial charge in [0.05, 0.1) is 29.6 Å². The van der Waals surface area contributed by atoms with E-state index in [1.165, 1.54) is 6.26 Å². The van der Waals surface area contributed by atoms with E-state index in [-0.39, 0.29) is 17.6 Å². The predicted octanol–water partition coefficient (Wildman–Crippen LogP) is 2.03. The fourth-order valence-corrected chi connectivity index (χ4v) is 3.79. The Hall–Kier alpha value is -1.60. The number of hydrogen-bond donors (Lipinski definition) is 0. The lowest BCUT2D eigenvalue weighted by atomic mass is 10.3. The molecule has 0 amide bonds. The Balaban J connectivity index is 1.68. The normalized spacial score (nSPS) is 19.5. The molecule has 2 aromatic heterocycles. The summed E-state index contributed by atoms with van der Waals surface area (Å²) < 4.78 is 39.7. The van der Waals surface area contributed by atoms with Crippen LogP contribution in [0.15, 0.2) is 33.4 Å². The van der Waals surface area contributed by atoms with Gasteiger partial charge in [-0.15, -0.1) is 0 Å². The molecule has 0 saturated carbocycles. The summed E-state index contributed by atoms with van der Waals surface area (Å²) in [7, 11) is -3.25. The Labute approximate surface area is 116 Å². The second-order valence-electron chi connectivity index (χ2n) is 4.85. The van der Waals surface area contributed by atoms with Crippen LogP contribution in [0.25, 0.3) is 11.5 Å². The molecule has 0 bridgehead atoms. The highest BCUT2D eigenvalue weighted by atomic mass is 32.2. The molecule has 0 aliphatic carbocycles. The molecule has 6 nitrogen and oxygen atoms in total. The third-order valence-corrected chi connectivity index (χ3v) is 4.77. The van der Waals surface area contributed by atoms with E-state index in [9.17, 15) is 8.42 Å². The Morgan fingerprint density at radius 2 is 2.25 bits per heavy atom. The molecule has 1 saturated heterocycles. The van der Waals surface area contributed by atoms with E-state index >= 15 is 0 Å². The standard InChI is InChI=1S/C13H15NO5S/c15-20(16,9-11-3-1-5-17-11)8-10-7-13(19-14-10)12-4-2-6-18-12/h2,4,6-7,11H,1,3,5,8-9H2/t11-/m1/s1. The Kier molecular flexibility index (Phi) is 3.62. The van der Waals surface area contributed by atoms with Gasteiger partial charge in [0.25, 0.3) is 0 Å². The van der Waals surface area contributed by atoms with Gasteiger partial charge < -0.3 is 13.7 Å². The molecule has 3 rings (SSSR count). The van der Waals surface area contributed by atoms with Gasteiger partial charge in [-0.1, -0.05) is 5.16 Å². The predicted molar refractivity (Wildman–Crippen MR) is 70.7 cm³/mol. The molecule has 1 atom stereocenters. The fourth-order valence-electron chi connectivity index (χ4n) is 2.26. The summed E-state index contributed by atoms with van der Waals surface area (Å²) >= 11 is 0. The van der Waals surface area contributed by atoms with Crippen molar-refractivity contribution < 1.29 is 22.1 Å². The van der Waals surface area contributed by atoms with Crippen LogP contribution in [0.2, 0.25) is 0 Å². The van der Waals surface area contributed by atoms with Crippen LogP contribution in [-0.2, 0) is 20.3 Å². The van der Waals surface area contributed by atoms with Crippen LogP contribution in [0.5, 0.6) is 0 Å². The van der Waals surface area contributed by atoms with Crippen molar-refractivity contribution in [2.75, 3.05) is 12.4 Å². The van der Waals surface area contributed by atoms with Crippen LogP contribution < -0.4 is 0 Å². The lowest BCUT2D eigenvalue weighted by molar-refractivity contribution is 0.127. The first-order chi connectivity index (χ1) is 9.62. The second-order valence-corrected chi connectivity index (χ2v) is 6.96. The van der Waals surface area contributed by atoms with E-state index in [0.717, 1.165) is 12.8 Å². The summed E-state index contributed by atoms with van der Waals surface area (Å²) in [5.74, 6) is 0.852. The number of aromatic nitrogens is 1. The monoisotopic (exact) mass is 297 g/mol. The van der Waals surface area contributed by atoms with Crippen molar-refractivity contribution in [3.8, 4) is 11.5 Å². The highest BCUT2D eigenvalue weighted by Gasteiger charge is 2.25. The number of furan rings is 1. The Morgan fingerprint density at radius 3 is 2.95 bits per heavy atom. The zero-order chi connectivity index (χ0) is 14.0. The van der Waals surface area contributed by atoms with Gasteiger partial charge in [-0.3, -0.25) is 0 Å². The molecule has 1 aliphatic heterocycles. The van der Waals surface area contributed by atoms with Gasteiger partial charge in [-0.25, -0.2) is 8.42 Å². The van der Waals surface area contributed by atoms with Crippen molar-refractivity contribution in [3.05, 3.63) is 30.2 Å². The molecule has 7 heteroatoms. The van der Waals surface area contributed by atoms with Crippen LogP contribution in [0.4, 0.5) is 0 Å². The zero-order valence-electron chi connectivity index (χ0n) is 10.8. The Bertz CT molecular complexity index is 653. The summed E-state index contributed by atoms with van der Waals surface area (Å²) in [5.41, 5.74) is 0.384. The van der Waals surface area contributed by atoms with E-state index in [1.807, 2.05) is 0 Å². The van der Waals surface area contributed by atoms with Crippen LogP contribution >= 0.6 is 0 Å². The SMILES string of the molecule is O=S(=O)(Cc1cc(-c2ccco2)on1)C[C@H]1CCCO1. The largest absolute Gasteiger partial charge is 0.461 e. The first-order valence-electron chi connectivity index (χ1n) is 6.44. The maximum Gasteiger partial charge on any atom is 0.202 e. The van der Waals surface area contributed by atoms with E-state index < -0.39 is 9.84 Å². The van der Waals surface area contributed by atoms with Gasteiger partial charge in [-0.2, -0.15) is 0 Å². The topological polar surface area (TPSA) is 82.5 Å². The number of sulfone groups is 1. The molecule has 0 radical (unpaired) electrons. The highest BCUT2D eigenvalue weighted by Crippen LogP contribution is 2.22. The molecule has 0 unspecified atom stereocenters. The van der Waals surface area contributed by atoms with Crippen LogP contribution in [0, 0.1) is 0 Å². The summed E-state index contributed by atoms with van der Waals surface area (Å²) in [5, 5.41) is 3.78. The molecule has 20 heavy (non-hydrogen) atoms. The third kappa shape index (κ3) is 3.10. The molecule has 1 aliphatic rings. The fraction of sp³-hybridized carbons (Fsp3) is 0.462. The Morgan fingerprint density at radius 1 is 1.35 bits per heavy atom. The lowest BCUT2D eigenvalue weighted by Crippen LogP contribution is -2.21. The molecule has 0 N–H and O–H groups in total. The van der Waals surface area contributed by atoms with Crippen molar-refractivity contribution >= 4 is 9.84 Å². The minimum absolute atomic E-state index is 0.0376.